The maximum atomic E-state index is 5.10. The van der Waals surface area contributed by atoms with E-state index in [0.29, 0.717) is 11.0 Å². The van der Waals surface area contributed by atoms with Gasteiger partial charge < -0.3 is 4.74 Å². The number of rotatable bonds is 3. The lowest BCUT2D eigenvalue weighted by Gasteiger charge is -2.04. The molecule has 0 atom stereocenters. The van der Waals surface area contributed by atoms with E-state index >= 15 is 0 Å². The Hall–Kier alpha value is -0.630. The highest BCUT2D eigenvalue weighted by atomic mass is 32.1. The van der Waals surface area contributed by atoms with Crippen molar-refractivity contribution in [2.75, 3.05) is 0 Å². The van der Waals surface area contributed by atoms with Gasteiger partial charge in [0.1, 0.15) is 0 Å². The molecule has 0 aliphatic carbocycles. The van der Waals surface area contributed by atoms with Crippen molar-refractivity contribution in [1.82, 2.24) is 0 Å². The number of hydrogen-bond donors (Lipinski definition) is 0. The normalized spacial score (nSPS) is 10.5. The number of allylic oxidation sites excluding steroid dienone is 2. The van der Waals surface area contributed by atoms with Crippen molar-refractivity contribution >= 4 is 17.3 Å². The molecule has 0 radical (unpaired) electrons. The van der Waals surface area contributed by atoms with Crippen molar-refractivity contribution in [2.45, 2.75) is 20.8 Å². The maximum Gasteiger partial charge on any atom is 0.168 e. The smallest absolute Gasteiger partial charge is 0.168 e. The molecule has 11 heavy (non-hydrogen) atoms. The fourth-order valence-corrected chi connectivity index (χ4v) is 0.409. The Kier molecular flexibility index (Phi) is 4.79. The lowest BCUT2D eigenvalue weighted by molar-refractivity contribution is 0.451. The van der Waals surface area contributed by atoms with Gasteiger partial charge in [0.2, 0.25) is 0 Å². The van der Waals surface area contributed by atoms with Crippen LogP contribution in [-0.4, -0.2) is 5.05 Å². The van der Waals surface area contributed by atoms with Crippen LogP contribution in [0.4, 0.5) is 0 Å². The Morgan fingerprint density at radius 1 is 1.55 bits per heavy atom. The van der Waals surface area contributed by atoms with Gasteiger partial charge in [-0.2, -0.15) is 0 Å². The number of thiocarbonyl (C=S) groups is 1. The minimum atomic E-state index is 0.291. The van der Waals surface area contributed by atoms with Crippen LogP contribution in [0.1, 0.15) is 20.8 Å². The zero-order chi connectivity index (χ0) is 8.85. The average Bonchev–Trinajstić information content (AvgIpc) is 1.86. The second-order valence-electron chi connectivity index (χ2n) is 2.74. The molecule has 0 rings (SSSR count). The lowest BCUT2D eigenvalue weighted by Crippen LogP contribution is -2.04. The van der Waals surface area contributed by atoms with E-state index in [2.05, 4.69) is 6.58 Å². The fourth-order valence-electron chi connectivity index (χ4n) is 0.353. The quantitative estimate of drug-likeness (QED) is 0.366. The van der Waals surface area contributed by atoms with E-state index in [1.807, 2.05) is 20.8 Å². The molecule has 0 aromatic carbocycles. The maximum absolute atomic E-state index is 5.10. The summed E-state index contributed by atoms with van der Waals surface area (Å²) in [6.45, 7) is 9.58. The number of hydrogen-bond acceptors (Lipinski definition) is 2. The molecule has 0 bridgehead atoms. The third kappa shape index (κ3) is 5.80. The largest absolute Gasteiger partial charge is 0.458 e. The molecule has 0 aliphatic rings. The molecule has 62 valence electrons. The van der Waals surface area contributed by atoms with E-state index in [1.165, 1.54) is 0 Å². The Labute approximate surface area is 73.8 Å². The molecular weight excluding hydrogens is 156 g/mol. The summed E-state index contributed by atoms with van der Waals surface area (Å²) in [6.07, 6.45) is 3.36. The molecule has 0 amide bonds. The Morgan fingerprint density at radius 3 is 2.45 bits per heavy atom. The molecular formula is C9H14OS. The van der Waals surface area contributed by atoms with Gasteiger partial charge >= 0.3 is 0 Å². The van der Waals surface area contributed by atoms with Crippen LogP contribution in [0.2, 0.25) is 0 Å². The van der Waals surface area contributed by atoms with Gasteiger partial charge in [-0.3, -0.25) is 0 Å². The molecule has 0 saturated carbocycles. The molecule has 0 fully saturated rings. The summed E-state index contributed by atoms with van der Waals surface area (Å²) in [5.74, 6) is 0.291. The molecule has 0 N–H and O–H groups in total. The summed E-state index contributed by atoms with van der Waals surface area (Å²) in [5.41, 5.74) is 0.955. The molecule has 0 saturated heterocycles. The zero-order valence-electron chi connectivity index (χ0n) is 7.26. The van der Waals surface area contributed by atoms with Crippen LogP contribution >= 0.6 is 12.2 Å². The monoisotopic (exact) mass is 170 g/mol. The third-order valence-corrected chi connectivity index (χ3v) is 1.58. The van der Waals surface area contributed by atoms with Crippen LogP contribution in [0.25, 0.3) is 0 Å². The summed E-state index contributed by atoms with van der Waals surface area (Å²) >= 11 is 4.93. The van der Waals surface area contributed by atoms with Gasteiger partial charge in [-0.1, -0.05) is 26.0 Å². The molecule has 0 aliphatic heterocycles. The molecule has 0 spiro atoms. The van der Waals surface area contributed by atoms with Crippen LogP contribution in [0.15, 0.2) is 24.5 Å². The average molecular weight is 170 g/mol. The van der Waals surface area contributed by atoms with E-state index in [1.54, 1.807) is 12.3 Å². The second kappa shape index (κ2) is 5.08. The van der Waals surface area contributed by atoms with Crippen molar-refractivity contribution < 1.29 is 4.74 Å². The predicted molar refractivity (Wildman–Crippen MR) is 52.5 cm³/mol. The topological polar surface area (TPSA) is 9.23 Å². The van der Waals surface area contributed by atoms with Crippen LogP contribution in [0.5, 0.6) is 0 Å². The van der Waals surface area contributed by atoms with E-state index in [0.717, 1.165) is 5.57 Å². The van der Waals surface area contributed by atoms with E-state index in [9.17, 15) is 0 Å². The van der Waals surface area contributed by atoms with E-state index in [-0.39, 0.29) is 0 Å². The van der Waals surface area contributed by atoms with Crippen molar-refractivity contribution in [3.63, 3.8) is 0 Å². The van der Waals surface area contributed by atoms with Crippen molar-refractivity contribution in [2.24, 2.45) is 5.92 Å². The Morgan fingerprint density at radius 2 is 2.09 bits per heavy atom. The Balaban J connectivity index is 3.71. The van der Waals surface area contributed by atoms with Gasteiger partial charge in [0.05, 0.1) is 6.26 Å². The summed E-state index contributed by atoms with van der Waals surface area (Å²) < 4.78 is 5.10. The highest BCUT2D eigenvalue weighted by Crippen LogP contribution is 2.00. The second-order valence-corrected chi connectivity index (χ2v) is 3.14. The van der Waals surface area contributed by atoms with Gasteiger partial charge in [0, 0.05) is 5.92 Å². The summed E-state index contributed by atoms with van der Waals surface area (Å²) in [4.78, 5) is 0. The minimum absolute atomic E-state index is 0.291. The molecule has 0 unspecified atom stereocenters. The zero-order valence-corrected chi connectivity index (χ0v) is 8.07. The molecule has 0 aromatic rings. The highest BCUT2D eigenvalue weighted by Gasteiger charge is 1.99. The van der Waals surface area contributed by atoms with Crippen molar-refractivity contribution in [3.8, 4) is 0 Å². The van der Waals surface area contributed by atoms with Gasteiger partial charge in [0.15, 0.2) is 5.05 Å². The van der Waals surface area contributed by atoms with Crippen molar-refractivity contribution in [3.05, 3.63) is 24.5 Å². The third-order valence-electron chi connectivity index (χ3n) is 1.01. The van der Waals surface area contributed by atoms with Gasteiger partial charge in [0.25, 0.3) is 0 Å². The van der Waals surface area contributed by atoms with Crippen LogP contribution in [0.3, 0.4) is 0 Å². The standard InChI is InChI=1S/C9H14OS/c1-7(2)5-6-10-9(11)8(3)4/h5-6,8H,1H2,2-4H3. The first-order chi connectivity index (χ1) is 5.04. The Bertz CT molecular complexity index is 180. The first-order valence-corrected chi connectivity index (χ1v) is 3.97. The summed E-state index contributed by atoms with van der Waals surface area (Å²) in [6, 6.07) is 0. The minimum Gasteiger partial charge on any atom is -0.458 e. The molecule has 2 heteroatoms. The van der Waals surface area contributed by atoms with Crippen molar-refractivity contribution in [1.29, 1.82) is 0 Å². The van der Waals surface area contributed by atoms with Crippen LogP contribution in [0, 0.1) is 5.92 Å². The SMILES string of the molecule is C=C(C)C=COC(=S)C(C)C. The first kappa shape index (κ1) is 10.4. The van der Waals surface area contributed by atoms with Gasteiger partial charge in [-0.25, -0.2) is 0 Å². The number of ether oxygens (including phenoxy) is 1. The molecule has 0 aromatic heterocycles. The highest BCUT2D eigenvalue weighted by molar-refractivity contribution is 7.80. The molecule has 0 heterocycles. The molecule has 1 nitrogen and oxygen atoms in total. The summed E-state index contributed by atoms with van der Waals surface area (Å²) in [7, 11) is 0. The van der Waals surface area contributed by atoms with Gasteiger partial charge in [-0.05, 0) is 25.2 Å². The lowest BCUT2D eigenvalue weighted by atomic mass is 10.2. The van der Waals surface area contributed by atoms with Gasteiger partial charge in [-0.15, -0.1) is 0 Å². The van der Waals surface area contributed by atoms with Crippen LogP contribution < -0.4 is 0 Å². The first-order valence-electron chi connectivity index (χ1n) is 3.56. The predicted octanol–water partition coefficient (Wildman–Crippen LogP) is 3.08. The van der Waals surface area contributed by atoms with Crippen LogP contribution in [-0.2, 0) is 4.74 Å². The van der Waals surface area contributed by atoms with E-state index in [4.69, 9.17) is 17.0 Å². The summed E-state index contributed by atoms with van der Waals surface area (Å²) in [5, 5.41) is 0.613. The van der Waals surface area contributed by atoms with E-state index < -0.39 is 0 Å². The fraction of sp³-hybridized carbons (Fsp3) is 0.444.